The first-order valence-electron chi connectivity index (χ1n) is 10.4. The van der Waals surface area contributed by atoms with Gasteiger partial charge in [0.05, 0.1) is 0 Å². The summed E-state index contributed by atoms with van der Waals surface area (Å²) in [6.07, 6.45) is 5.58. The second kappa shape index (κ2) is 8.71. The summed E-state index contributed by atoms with van der Waals surface area (Å²) in [4.78, 5) is 28.7. The molecular formula is C21H29N3O4. The molecule has 3 heterocycles. The van der Waals surface area contributed by atoms with E-state index in [1.807, 2.05) is 28.0 Å². The SMILES string of the molecule is O=C(CCC1CCN(C(=O)N2CCCC2)CC1)Nc1ccc2c(c1)OCCO2. The maximum atomic E-state index is 12.4. The maximum absolute atomic E-state index is 12.4. The smallest absolute Gasteiger partial charge is 0.319 e. The minimum atomic E-state index is 0.0206. The van der Waals surface area contributed by atoms with Crippen molar-refractivity contribution in [2.45, 2.75) is 38.5 Å². The summed E-state index contributed by atoms with van der Waals surface area (Å²) in [6, 6.07) is 5.69. The summed E-state index contributed by atoms with van der Waals surface area (Å²) in [5, 5.41) is 2.95. The number of fused-ring (bicyclic) bond motifs is 1. The maximum Gasteiger partial charge on any atom is 0.319 e. The lowest BCUT2D eigenvalue weighted by atomic mass is 9.92. The van der Waals surface area contributed by atoms with Gasteiger partial charge < -0.3 is 24.6 Å². The van der Waals surface area contributed by atoms with E-state index in [2.05, 4.69) is 5.32 Å². The minimum Gasteiger partial charge on any atom is -0.486 e. The molecule has 152 valence electrons. The number of anilines is 1. The van der Waals surface area contributed by atoms with E-state index in [1.165, 1.54) is 0 Å². The van der Waals surface area contributed by atoms with Crippen LogP contribution in [0.3, 0.4) is 0 Å². The van der Waals surface area contributed by atoms with E-state index < -0.39 is 0 Å². The van der Waals surface area contributed by atoms with Crippen molar-refractivity contribution in [3.8, 4) is 11.5 Å². The van der Waals surface area contributed by atoms with Gasteiger partial charge in [0.25, 0.3) is 0 Å². The highest BCUT2D eigenvalue weighted by molar-refractivity contribution is 5.91. The number of likely N-dealkylation sites (tertiary alicyclic amines) is 2. The number of hydrogen-bond acceptors (Lipinski definition) is 4. The van der Waals surface area contributed by atoms with Crippen molar-refractivity contribution in [1.29, 1.82) is 0 Å². The van der Waals surface area contributed by atoms with Crippen LogP contribution in [0, 0.1) is 5.92 Å². The van der Waals surface area contributed by atoms with Crippen molar-refractivity contribution in [3.63, 3.8) is 0 Å². The molecule has 2 saturated heterocycles. The predicted molar refractivity (Wildman–Crippen MR) is 106 cm³/mol. The molecule has 0 atom stereocenters. The average molecular weight is 387 g/mol. The van der Waals surface area contributed by atoms with Crippen LogP contribution < -0.4 is 14.8 Å². The third-order valence-electron chi connectivity index (χ3n) is 5.87. The third kappa shape index (κ3) is 4.51. The molecule has 0 unspecified atom stereocenters. The quantitative estimate of drug-likeness (QED) is 0.862. The van der Waals surface area contributed by atoms with E-state index in [4.69, 9.17) is 9.47 Å². The molecule has 0 saturated carbocycles. The molecule has 1 aromatic rings. The number of amides is 3. The number of nitrogens with one attached hydrogen (secondary N) is 1. The average Bonchev–Trinajstić information content (AvgIpc) is 3.27. The summed E-state index contributed by atoms with van der Waals surface area (Å²) in [7, 11) is 0. The van der Waals surface area contributed by atoms with Gasteiger partial charge in [0.15, 0.2) is 11.5 Å². The fourth-order valence-electron chi connectivity index (χ4n) is 4.20. The summed E-state index contributed by atoms with van der Waals surface area (Å²) >= 11 is 0. The number of rotatable bonds is 4. The first kappa shape index (κ1) is 18.9. The van der Waals surface area contributed by atoms with Gasteiger partial charge in [0, 0.05) is 44.4 Å². The molecule has 7 heteroatoms. The molecule has 3 amide bonds. The number of carbonyl (C=O) groups is 2. The van der Waals surface area contributed by atoms with Crippen LogP contribution in [0.25, 0.3) is 0 Å². The Balaban J connectivity index is 1.19. The van der Waals surface area contributed by atoms with Crippen molar-refractivity contribution < 1.29 is 19.1 Å². The number of piperidine rings is 1. The lowest BCUT2D eigenvalue weighted by Gasteiger charge is -2.34. The Morgan fingerprint density at radius 2 is 1.64 bits per heavy atom. The lowest BCUT2D eigenvalue weighted by molar-refractivity contribution is -0.116. The van der Waals surface area contributed by atoms with Gasteiger partial charge in [-0.05, 0) is 50.2 Å². The third-order valence-corrected chi connectivity index (χ3v) is 5.87. The van der Waals surface area contributed by atoms with Gasteiger partial charge in [-0.3, -0.25) is 4.79 Å². The number of ether oxygens (including phenoxy) is 2. The van der Waals surface area contributed by atoms with Gasteiger partial charge in [0.1, 0.15) is 13.2 Å². The predicted octanol–water partition coefficient (Wildman–Crippen LogP) is 3.10. The Bertz CT molecular complexity index is 710. The van der Waals surface area contributed by atoms with Crippen LogP contribution in [0.4, 0.5) is 10.5 Å². The van der Waals surface area contributed by atoms with Gasteiger partial charge in [0.2, 0.25) is 5.91 Å². The zero-order chi connectivity index (χ0) is 19.3. The Hall–Kier alpha value is -2.44. The molecule has 4 rings (SSSR count). The fraction of sp³-hybridized carbons (Fsp3) is 0.619. The molecule has 1 N–H and O–H groups in total. The van der Waals surface area contributed by atoms with E-state index in [0.29, 0.717) is 31.3 Å². The Morgan fingerprint density at radius 1 is 0.964 bits per heavy atom. The number of hydrogen-bond donors (Lipinski definition) is 1. The molecule has 3 aliphatic heterocycles. The van der Waals surface area contributed by atoms with Crippen LogP contribution in [0.5, 0.6) is 11.5 Å². The second-order valence-corrected chi connectivity index (χ2v) is 7.85. The van der Waals surface area contributed by atoms with Gasteiger partial charge in [-0.1, -0.05) is 0 Å². The Labute approximate surface area is 166 Å². The highest BCUT2D eigenvalue weighted by Gasteiger charge is 2.27. The first-order chi connectivity index (χ1) is 13.7. The summed E-state index contributed by atoms with van der Waals surface area (Å²) in [6.45, 7) is 4.51. The number of benzene rings is 1. The van der Waals surface area contributed by atoms with Crippen molar-refractivity contribution in [2.24, 2.45) is 5.92 Å². The van der Waals surface area contributed by atoms with Crippen LogP contribution in [-0.4, -0.2) is 61.1 Å². The van der Waals surface area contributed by atoms with Crippen molar-refractivity contribution >= 4 is 17.6 Å². The molecule has 0 spiro atoms. The van der Waals surface area contributed by atoms with Crippen molar-refractivity contribution in [3.05, 3.63) is 18.2 Å². The summed E-state index contributed by atoms with van der Waals surface area (Å²) in [5.41, 5.74) is 0.736. The van der Waals surface area contributed by atoms with E-state index >= 15 is 0 Å². The highest BCUT2D eigenvalue weighted by atomic mass is 16.6. The van der Waals surface area contributed by atoms with Crippen molar-refractivity contribution in [1.82, 2.24) is 9.80 Å². The van der Waals surface area contributed by atoms with Crippen molar-refractivity contribution in [2.75, 3.05) is 44.7 Å². The van der Waals surface area contributed by atoms with E-state index in [1.54, 1.807) is 0 Å². The largest absolute Gasteiger partial charge is 0.486 e. The molecule has 28 heavy (non-hydrogen) atoms. The van der Waals surface area contributed by atoms with Gasteiger partial charge in [-0.2, -0.15) is 0 Å². The van der Waals surface area contributed by atoms with Gasteiger partial charge in [-0.15, -0.1) is 0 Å². The molecule has 0 aromatic heterocycles. The normalized spacial score (nSPS) is 19.6. The van der Waals surface area contributed by atoms with Crippen LogP contribution in [0.1, 0.15) is 38.5 Å². The van der Waals surface area contributed by atoms with Crippen LogP contribution in [0.15, 0.2) is 18.2 Å². The van der Waals surface area contributed by atoms with Crippen LogP contribution in [0.2, 0.25) is 0 Å². The zero-order valence-corrected chi connectivity index (χ0v) is 16.3. The van der Waals surface area contributed by atoms with E-state index in [9.17, 15) is 9.59 Å². The lowest BCUT2D eigenvalue weighted by Crippen LogP contribution is -2.45. The molecular weight excluding hydrogens is 358 g/mol. The van der Waals surface area contributed by atoms with Crippen LogP contribution in [-0.2, 0) is 4.79 Å². The first-order valence-corrected chi connectivity index (χ1v) is 10.4. The second-order valence-electron chi connectivity index (χ2n) is 7.85. The number of carbonyl (C=O) groups excluding carboxylic acids is 2. The van der Waals surface area contributed by atoms with Gasteiger partial charge in [-0.25, -0.2) is 4.79 Å². The van der Waals surface area contributed by atoms with E-state index in [-0.39, 0.29) is 11.9 Å². The zero-order valence-electron chi connectivity index (χ0n) is 16.3. The Kier molecular flexibility index (Phi) is 5.88. The minimum absolute atomic E-state index is 0.0206. The van der Waals surface area contributed by atoms with E-state index in [0.717, 1.165) is 69.7 Å². The molecule has 0 aliphatic carbocycles. The molecule has 7 nitrogen and oxygen atoms in total. The molecule has 0 radical (unpaired) electrons. The summed E-state index contributed by atoms with van der Waals surface area (Å²) < 4.78 is 11.1. The standard InChI is InChI=1S/C21H29N3O4/c25-20(22-17-4-5-18-19(15-17)28-14-13-27-18)6-3-16-7-11-24(12-8-16)21(26)23-9-1-2-10-23/h4-5,15-16H,1-3,6-14H2,(H,22,25). The topological polar surface area (TPSA) is 71.1 Å². The summed E-state index contributed by atoms with van der Waals surface area (Å²) in [5.74, 6) is 1.93. The Morgan fingerprint density at radius 3 is 2.39 bits per heavy atom. The molecule has 0 bridgehead atoms. The highest BCUT2D eigenvalue weighted by Crippen LogP contribution is 2.32. The molecule has 3 aliphatic rings. The number of nitrogens with zero attached hydrogens (tertiary/aromatic N) is 2. The van der Waals surface area contributed by atoms with Crippen LogP contribution >= 0.6 is 0 Å². The fourth-order valence-corrected chi connectivity index (χ4v) is 4.20. The molecule has 1 aromatic carbocycles. The monoisotopic (exact) mass is 387 g/mol. The molecule has 2 fully saturated rings. The van der Waals surface area contributed by atoms with Gasteiger partial charge >= 0.3 is 6.03 Å². The number of urea groups is 1.